The zero-order chi connectivity index (χ0) is 17.9. The Morgan fingerprint density at radius 2 is 1.81 bits per heavy atom. The molecule has 1 aromatic carbocycles. The van der Waals surface area contributed by atoms with Crippen LogP contribution in [0.4, 0.5) is 0 Å². The first-order valence-corrected chi connectivity index (χ1v) is 9.62. The number of amides is 1. The fraction of sp³-hybridized carbons (Fsp3) is 0.579. The molecule has 7 heteroatoms. The molecule has 2 aromatic rings. The number of fused-ring (bicyclic) bond motifs is 1. The van der Waals surface area contributed by atoms with Crippen LogP contribution in [0.15, 0.2) is 29.1 Å². The van der Waals surface area contributed by atoms with E-state index in [0.29, 0.717) is 6.42 Å². The first kappa shape index (κ1) is 17.3. The molecule has 2 N–H and O–H groups in total. The number of aromatic nitrogens is 2. The van der Waals surface area contributed by atoms with E-state index in [1.165, 1.54) is 0 Å². The lowest BCUT2D eigenvalue weighted by molar-refractivity contribution is -0.132. The van der Waals surface area contributed by atoms with Gasteiger partial charge in [-0.3, -0.25) is 9.36 Å². The Hall–Kier alpha value is -2.12. The Bertz CT molecular complexity index is 813. The number of imidazole rings is 1. The smallest absolute Gasteiger partial charge is 0.326 e. The van der Waals surface area contributed by atoms with Crippen LogP contribution in [0.1, 0.15) is 25.3 Å². The Labute approximate surface area is 153 Å². The molecule has 2 aliphatic heterocycles. The van der Waals surface area contributed by atoms with Crippen LogP contribution in [0.2, 0.25) is 0 Å². The van der Waals surface area contributed by atoms with Crippen LogP contribution < -0.4 is 11.0 Å². The molecule has 0 radical (unpaired) electrons. The highest BCUT2D eigenvalue weighted by Crippen LogP contribution is 2.24. The van der Waals surface area contributed by atoms with E-state index in [0.717, 1.165) is 69.7 Å². The summed E-state index contributed by atoms with van der Waals surface area (Å²) in [5.41, 5.74) is 1.88. The predicted octanol–water partition coefficient (Wildman–Crippen LogP) is 0.788. The Kier molecular flexibility index (Phi) is 5.08. The Balaban J connectivity index is 1.32. The number of para-hydroxylation sites is 2. The summed E-state index contributed by atoms with van der Waals surface area (Å²) in [5, 5.41) is 3.28. The number of hydrogen-bond donors (Lipinski definition) is 2. The van der Waals surface area contributed by atoms with Crippen molar-refractivity contribution in [2.75, 3.05) is 45.8 Å². The van der Waals surface area contributed by atoms with Crippen LogP contribution in [0, 0.1) is 0 Å². The van der Waals surface area contributed by atoms with Gasteiger partial charge >= 0.3 is 5.69 Å². The van der Waals surface area contributed by atoms with Gasteiger partial charge in [-0.1, -0.05) is 12.1 Å². The van der Waals surface area contributed by atoms with Crippen LogP contribution in [-0.2, 0) is 4.79 Å². The molecule has 0 spiro atoms. The highest BCUT2D eigenvalue weighted by Gasteiger charge is 2.24. The number of nitrogens with one attached hydrogen (secondary N) is 2. The van der Waals surface area contributed by atoms with Crippen molar-refractivity contribution in [2.24, 2.45) is 0 Å². The van der Waals surface area contributed by atoms with Crippen LogP contribution in [0.25, 0.3) is 11.0 Å². The molecule has 1 amide bonds. The topological polar surface area (TPSA) is 73.4 Å². The second-order valence-corrected chi connectivity index (χ2v) is 7.27. The van der Waals surface area contributed by atoms with Crippen molar-refractivity contribution < 1.29 is 4.79 Å². The number of hydrogen-bond acceptors (Lipinski definition) is 4. The number of piperidine rings is 1. The third kappa shape index (κ3) is 3.54. The van der Waals surface area contributed by atoms with Crippen molar-refractivity contribution in [1.82, 2.24) is 24.7 Å². The van der Waals surface area contributed by atoms with E-state index >= 15 is 0 Å². The molecule has 4 rings (SSSR count). The molecule has 0 atom stereocenters. The number of aromatic amines is 1. The highest BCUT2D eigenvalue weighted by molar-refractivity contribution is 5.76. The van der Waals surface area contributed by atoms with E-state index in [-0.39, 0.29) is 17.6 Å². The minimum absolute atomic E-state index is 0.0152. The average molecular weight is 357 g/mol. The molecule has 2 aliphatic rings. The van der Waals surface area contributed by atoms with Gasteiger partial charge in [-0.25, -0.2) is 4.79 Å². The normalized spacial score (nSPS) is 19.9. The molecular weight excluding hydrogens is 330 g/mol. The maximum Gasteiger partial charge on any atom is 0.326 e. The van der Waals surface area contributed by atoms with Gasteiger partial charge in [-0.15, -0.1) is 0 Å². The third-order valence-electron chi connectivity index (χ3n) is 5.66. The lowest BCUT2D eigenvalue weighted by atomic mass is 10.0. The summed E-state index contributed by atoms with van der Waals surface area (Å²) < 4.78 is 1.92. The number of likely N-dealkylation sites (tertiary alicyclic amines) is 1. The number of carbonyl (C=O) groups is 1. The predicted molar refractivity (Wildman–Crippen MR) is 101 cm³/mol. The van der Waals surface area contributed by atoms with Crippen molar-refractivity contribution in [3.05, 3.63) is 34.7 Å². The minimum atomic E-state index is -0.0152. The van der Waals surface area contributed by atoms with Gasteiger partial charge < -0.3 is 20.1 Å². The Morgan fingerprint density at radius 1 is 1.08 bits per heavy atom. The van der Waals surface area contributed by atoms with E-state index in [2.05, 4.69) is 15.2 Å². The standard InChI is InChI=1S/C19H27N5O2/c25-18(23-13-8-20-9-14-23)7-12-22-10-5-15(6-11-22)24-17-4-2-1-3-16(17)21-19(24)26/h1-4,15,20H,5-14H2,(H,21,26). The summed E-state index contributed by atoms with van der Waals surface area (Å²) in [4.78, 5) is 31.9. The molecule has 0 unspecified atom stereocenters. The quantitative estimate of drug-likeness (QED) is 0.849. The number of rotatable bonds is 4. The number of benzene rings is 1. The van der Waals surface area contributed by atoms with E-state index < -0.39 is 0 Å². The van der Waals surface area contributed by atoms with Crippen molar-refractivity contribution in [2.45, 2.75) is 25.3 Å². The molecular formula is C19H27N5O2. The van der Waals surface area contributed by atoms with Crippen LogP contribution in [-0.4, -0.2) is 71.1 Å². The van der Waals surface area contributed by atoms with Gasteiger partial charge in [-0.05, 0) is 25.0 Å². The maximum atomic E-state index is 12.3. The van der Waals surface area contributed by atoms with Crippen molar-refractivity contribution in [3.8, 4) is 0 Å². The zero-order valence-corrected chi connectivity index (χ0v) is 15.1. The van der Waals surface area contributed by atoms with Crippen LogP contribution in [0.3, 0.4) is 0 Å². The van der Waals surface area contributed by atoms with Gasteiger partial charge in [0.1, 0.15) is 0 Å². The lowest BCUT2D eigenvalue weighted by Gasteiger charge is -2.33. The second-order valence-electron chi connectivity index (χ2n) is 7.27. The SMILES string of the molecule is O=C(CCN1CCC(n2c(=O)[nH]c3ccccc32)CC1)N1CCNCC1. The summed E-state index contributed by atoms with van der Waals surface area (Å²) in [7, 11) is 0. The maximum absolute atomic E-state index is 12.3. The van der Waals surface area contributed by atoms with E-state index in [4.69, 9.17) is 0 Å². The van der Waals surface area contributed by atoms with Crippen LogP contribution >= 0.6 is 0 Å². The Morgan fingerprint density at radius 3 is 2.58 bits per heavy atom. The van der Waals surface area contributed by atoms with Gasteiger partial charge in [0.15, 0.2) is 0 Å². The molecule has 0 bridgehead atoms. The summed E-state index contributed by atoms with van der Waals surface area (Å²) in [6, 6.07) is 8.11. The number of piperazine rings is 1. The van der Waals surface area contributed by atoms with Gasteiger partial charge in [-0.2, -0.15) is 0 Å². The zero-order valence-electron chi connectivity index (χ0n) is 15.1. The fourth-order valence-electron chi connectivity index (χ4n) is 4.16. The molecule has 3 heterocycles. The van der Waals surface area contributed by atoms with Crippen molar-refractivity contribution in [3.63, 3.8) is 0 Å². The summed E-state index contributed by atoms with van der Waals surface area (Å²) in [6.07, 6.45) is 2.49. The van der Waals surface area contributed by atoms with E-state index in [1.54, 1.807) is 0 Å². The minimum Gasteiger partial charge on any atom is -0.340 e. The van der Waals surface area contributed by atoms with Gasteiger partial charge in [0, 0.05) is 58.3 Å². The third-order valence-corrected chi connectivity index (χ3v) is 5.66. The van der Waals surface area contributed by atoms with Gasteiger partial charge in [0.05, 0.1) is 11.0 Å². The summed E-state index contributed by atoms with van der Waals surface area (Å²) in [5.74, 6) is 0.265. The first-order valence-electron chi connectivity index (χ1n) is 9.62. The number of carbonyl (C=O) groups excluding carboxylic acids is 1. The summed E-state index contributed by atoms with van der Waals surface area (Å²) >= 11 is 0. The largest absolute Gasteiger partial charge is 0.340 e. The monoisotopic (exact) mass is 357 g/mol. The molecule has 26 heavy (non-hydrogen) atoms. The van der Waals surface area contributed by atoms with E-state index in [1.807, 2.05) is 33.7 Å². The first-order chi connectivity index (χ1) is 12.7. The van der Waals surface area contributed by atoms with Crippen LogP contribution in [0.5, 0.6) is 0 Å². The number of H-pyrrole nitrogens is 1. The molecule has 1 aromatic heterocycles. The molecule has 7 nitrogen and oxygen atoms in total. The molecule has 2 fully saturated rings. The fourth-order valence-corrected chi connectivity index (χ4v) is 4.16. The van der Waals surface area contributed by atoms with Gasteiger partial charge in [0.25, 0.3) is 0 Å². The molecule has 140 valence electrons. The summed E-state index contributed by atoms with van der Waals surface area (Å²) in [6.45, 7) is 6.14. The lowest BCUT2D eigenvalue weighted by Crippen LogP contribution is -2.47. The second kappa shape index (κ2) is 7.63. The highest BCUT2D eigenvalue weighted by atomic mass is 16.2. The average Bonchev–Trinajstić information content (AvgIpc) is 3.03. The van der Waals surface area contributed by atoms with E-state index in [9.17, 15) is 9.59 Å². The molecule has 2 saturated heterocycles. The molecule has 0 aliphatic carbocycles. The van der Waals surface area contributed by atoms with Gasteiger partial charge in [0.2, 0.25) is 5.91 Å². The number of nitrogens with zero attached hydrogens (tertiary/aromatic N) is 3. The van der Waals surface area contributed by atoms with Crippen molar-refractivity contribution >= 4 is 16.9 Å². The van der Waals surface area contributed by atoms with Crippen molar-refractivity contribution in [1.29, 1.82) is 0 Å². The molecule has 0 saturated carbocycles.